The van der Waals surface area contributed by atoms with E-state index in [0.717, 1.165) is 18.4 Å². The SMILES string of the molecule is COC(=O)[C@@H](C)[C@H](c1ccc2c(c1)OC1(CCN(C(=O)OC(C)(C)C)CC1)CC2=O)C1CC1. The van der Waals surface area contributed by atoms with Crippen molar-refractivity contribution >= 4 is 17.8 Å². The number of ether oxygens (including phenoxy) is 3. The van der Waals surface area contributed by atoms with Crippen LogP contribution in [0.3, 0.4) is 0 Å². The van der Waals surface area contributed by atoms with Gasteiger partial charge in [0.2, 0.25) is 0 Å². The van der Waals surface area contributed by atoms with Crippen molar-refractivity contribution in [2.45, 2.75) is 76.9 Å². The predicted octanol–water partition coefficient (Wildman–Crippen LogP) is 4.72. The van der Waals surface area contributed by atoms with Crippen molar-refractivity contribution in [2.75, 3.05) is 20.2 Å². The lowest BCUT2D eigenvalue weighted by molar-refractivity contribution is -0.145. The molecule has 7 nitrogen and oxygen atoms in total. The molecule has 7 heteroatoms. The van der Waals surface area contributed by atoms with Crippen molar-refractivity contribution in [3.8, 4) is 5.75 Å². The maximum Gasteiger partial charge on any atom is 0.410 e. The zero-order chi connectivity index (χ0) is 24.0. The quantitative estimate of drug-likeness (QED) is 0.608. The first-order valence-corrected chi connectivity index (χ1v) is 11.9. The minimum atomic E-state index is -0.607. The number of esters is 1. The average Bonchev–Trinajstić information content (AvgIpc) is 3.57. The van der Waals surface area contributed by atoms with E-state index in [9.17, 15) is 14.4 Å². The number of methoxy groups -OCH3 is 1. The second-order valence-electron chi connectivity index (χ2n) is 10.8. The molecule has 0 N–H and O–H groups in total. The number of ketones is 1. The topological polar surface area (TPSA) is 82.1 Å². The number of carbonyl (C=O) groups excluding carboxylic acids is 3. The summed E-state index contributed by atoms with van der Waals surface area (Å²) in [6, 6.07) is 5.76. The summed E-state index contributed by atoms with van der Waals surface area (Å²) in [5, 5.41) is 0. The van der Waals surface area contributed by atoms with Crippen LogP contribution in [0.5, 0.6) is 5.75 Å². The standard InChI is InChI=1S/C26H35NO6/c1-16(23(29)31-5)22(17-6-7-17)18-8-9-19-20(28)15-26(32-21(19)14-18)10-12-27(13-11-26)24(30)33-25(2,3)4/h8-9,14,16-17,22H,6-7,10-13,15H2,1-5H3/t16-,22-/m0/s1. The van der Waals surface area contributed by atoms with E-state index in [1.807, 2.05) is 45.9 Å². The summed E-state index contributed by atoms with van der Waals surface area (Å²) in [6.45, 7) is 8.44. The van der Waals surface area contributed by atoms with Crippen molar-refractivity contribution in [1.82, 2.24) is 4.90 Å². The number of nitrogens with zero attached hydrogens (tertiary/aromatic N) is 1. The third-order valence-electron chi connectivity index (χ3n) is 7.07. The number of hydrogen-bond acceptors (Lipinski definition) is 6. The molecule has 1 aromatic rings. The summed E-state index contributed by atoms with van der Waals surface area (Å²) in [4.78, 5) is 39.4. The van der Waals surface area contributed by atoms with Gasteiger partial charge in [-0.2, -0.15) is 0 Å². The summed E-state index contributed by atoms with van der Waals surface area (Å²) in [5.41, 5.74) is 0.465. The molecule has 2 heterocycles. The smallest absolute Gasteiger partial charge is 0.410 e. The van der Waals surface area contributed by atoms with E-state index in [1.165, 1.54) is 7.11 Å². The number of Topliss-reactive ketones (excluding diaryl/α,β-unsaturated/α-hetero) is 1. The third-order valence-corrected chi connectivity index (χ3v) is 7.07. The van der Waals surface area contributed by atoms with Gasteiger partial charge in [0.25, 0.3) is 0 Å². The highest BCUT2D eigenvalue weighted by Crippen LogP contribution is 2.49. The fraction of sp³-hybridized carbons (Fsp3) is 0.654. The summed E-state index contributed by atoms with van der Waals surface area (Å²) < 4.78 is 17.0. The van der Waals surface area contributed by atoms with Gasteiger partial charge in [-0.15, -0.1) is 0 Å². The zero-order valence-electron chi connectivity index (χ0n) is 20.3. The van der Waals surface area contributed by atoms with Crippen LogP contribution in [0, 0.1) is 11.8 Å². The second kappa shape index (κ2) is 8.65. The van der Waals surface area contributed by atoms with Crippen molar-refractivity contribution < 1.29 is 28.6 Å². The Bertz CT molecular complexity index is 937. The van der Waals surface area contributed by atoms with Crippen molar-refractivity contribution in [2.24, 2.45) is 11.8 Å². The van der Waals surface area contributed by atoms with Gasteiger partial charge in [-0.05, 0) is 63.1 Å². The highest BCUT2D eigenvalue weighted by atomic mass is 16.6. The van der Waals surface area contributed by atoms with E-state index in [2.05, 4.69) is 0 Å². The molecule has 0 aromatic heterocycles. The molecule has 1 spiro atoms. The Morgan fingerprint density at radius 3 is 2.42 bits per heavy atom. The first kappa shape index (κ1) is 23.6. The summed E-state index contributed by atoms with van der Waals surface area (Å²) in [7, 11) is 1.42. The monoisotopic (exact) mass is 457 g/mol. The molecule has 180 valence electrons. The van der Waals surface area contributed by atoms with Crippen LogP contribution < -0.4 is 4.74 Å². The Balaban J connectivity index is 1.52. The maximum atomic E-state index is 13.0. The van der Waals surface area contributed by atoms with Gasteiger partial charge in [0.15, 0.2) is 5.78 Å². The van der Waals surface area contributed by atoms with Crippen LogP contribution in [0.4, 0.5) is 4.79 Å². The molecule has 33 heavy (non-hydrogen) atoms. The Kier molecular flexibility index (Phi) is 6.18. The normalized spacial score (nSPS) is 21.6. The Morgan fingerprint density at radius 2 is 1.85 bits per heavy atom. The van der Waals surface area contributed by atoms with Gasteiger partial charge in [0, 0.05) is 25.9 Å². The summed E-state index contributed by atoms with van der Waals surface area (Å²) >= 11 is 0. The third kappa shape index (κ3) is 5.02. The molecule has 4 rings (SSSR count). The van der Waals surface area contributed by atoms with Crippen molar-refractivity contribution in [3.05, 3.63) is 29.3 Å². The maximum absolute atomic E-state index is 13.0. The van der Waals surface area contributed by atoms with E-state index in [0.29, 0.717) is 49.6 Å². The molecule has 1 saturated heterocycles. The van der Waals surface area contributed by atoms with E-state index in [4.69, 9.17) is 14.2 Å². The molecular formula is C26H35NO6. The highest BCUT2D eigenvalue weighted by molar-refractivity contribution is 6.00. The van der Waals surface area contributed by atoms with E-state index in [1.54, 1.807) is 4.90 Å². The number of carbonyl (C=O) groups is 3. The molecule has 0 unspecified atom stereocenters. The van der Waals surface area contributed by atoms with Crippen LogP contribution in [0.25, 0.3) is 0 Å². The molecule has 0 bridgehead atoms. The number of hydrogen-bond donors (Lipinski definition) is 0. The van der Waals surface area contributed by atoms with Crippen molar-refractivity contribution in [1.29, 1.82) is 0 Å². The van der Waals surface area contributed by atoms with Gasteiger partial charge >= 0.3 is 12.1 Å². The molecule has 0 radical (unpaired) electrons. The molecule has 1 saturated carbocycles. The Labute approximate surface area is 195 Å². The minimum absolute atomic E-state index is 0.0494. The van der Waals surface area contributed by atoms with Crippen LogP contribution in [-0.4, -0.2) is 54.1 Å². The van der Waals surface area contributed by atoms with Crippen LogP contribution in [0.15, 0.2) is 18.2 Å². The number of piperidine rings is 1. The first-order valence-electron chi connectivity index (χ1n) is 11.9. The van der Waals surface area contributed by atoms with Crippen LogP contribution in [0.1, 0.15) is 81.6 Å². The minimum Gasteiger partial charge on any atom is -0.486 e. The molecule has 1 amide bonds. The highest BCUT2D eigenvalue weighted by Gasteiger charge is 2.45. The van der Waals surface area contributed by atoms with Gasteiger partial charge in [0.05, 0.1) is 25.0 Å². The molecule has 2 atom stereocenters. The lowest BCUT2D eigenvalue weighted by Crippen LogP contribution is -2.53. The zero-order valence-corrected chi connectivity index (χ0v) is 20.3. The largest absolute Gasteiger partial charge is 0.486 e. The molecular weight excluding hydrogens is 422 g/mol. The van der Waals surface area contributed by atoms with E-state index >= 15 is 0 Å². The number of rotatable bonds is 4. The Morgan fingerprint density at radius 1 is 1.18 bits per heavy atom. The van der Waals surface area contributed by atoms with Gasteiger partial charge < -0.3 is 19.1 Å². The van der Waals surface area contributed by atoms with Crippen LogP contribution in [-0.2, 0) is 14.3 Å². The van der Waals surface area contributed by atoms with Gasteiger partial charge in [-0.1, -0.05) is 13.0 Å². The fourth-order valence-electron chi connectivity index (χ4n) is 5.18. The summed E-state index contributed by atoms with van der Waals surface area (Å²) in [5.74, 6) is 0.684. The molecule has 1 aromatic carbocycles. The van der Waals surface area contributed by atoms with E-state index in [-0.39, 0.29) is 29.7 Å². The average molecular weight is 458 g/mol. The van der Waals surface area contributed by atoms with E-state index < -0.39 is 11.2 Å². The predicted molar refractivity (Wildman–Crippen MR) is 122 cm³/mol. The first-order chi connectivity index (χ1) is 15.5. The van der Waals surface area contributed by atoms with Crippen molar-refractivity contribution in [3.63, 3.8) is 0 Å². The molecule has 3 aliphatic rings. The Hall–Kier alpha value is -2.57. The number of fused-ring (bicyclic) bond motifs is 1. The molecule has 1 aliphatic carbocycles. The molecule has 2 fully saturated rings. The van der Waals surface area contributed by atoms with Gasteiger partial charge in [-0.3, -0.25) is 9.59 Å². The van der Waals surface area contributed by atoms with Gasteiger partial charge in [0.1, 0.15) is 17.0 Å². The second-order valence-corrected chi connectivity index (χ2v) is 10.8. The molecule has 2 aliphatic heterocycles. The number of amides is 1. The van der Waals surface area contributed by atoms with Gasteiger partial charge in [-0.25, -0.2) is 4.79 Å². The van der Waals surface area contributed by atoms with Crippen LogP contribution in [0.2, 0.25) is 0 Å². The number of likely N-dealkylation sites (tertiary alicyclic amines) is 1. The van der Waals surface area contributed by atoms with Crippen LogP contribution >= 0.6 is 0 Å². The lowest BCUT2D eigenvalue weighted by Gasteiger charge is -2.44. The summed E-state index contributed by atoms with van der Waals surface area (Å²) in [6.07, 6.45) is 3.32. The fourth-order valence-corrected chi connectivity index (χ4v) is 5.18. The number of benzene rings is 1. The lowest BCUT2D eigenvalue weighted by atomic mass is 9.80.